The van der Waals surface area contributed by atoms with Crippen LogP contribution < -0.4 is 0 Å². The number of rotatable bonds is 3. The maximum absolute atomic E-state index is 5.40. The van der Waals surface area contributed by atoms with E-state index in [1.807, 2.05) is 0 Å². The summed E-state index contributed by atoms with van der Waals surface area (Å²) in [6.07, 6.45) is -0.568. The fourth-order valence-electron chi connectivity index (χ4n) is 1.13. The van der Waals surface area contributed by atoms with E-state index >= 15 is 0 Å². The number of alkyl halides is 1. The molecule has 6 atom stereocenters. The highest BCUT2D eigenvalue weighted by Crippen LogP contribution is 2.29. The van der Waals surface area contributed by atoms with Gasteiger partial charge in [-0.3, -0.25) is 0 Å². The van der Waals surface area contributed by atoms with Gasteiger partial charge in [0, 0.05) is 18.9 Å². The van der Waals surface area contributed by atoms with Gasteiger partial charge >= 0.3 is 0 Å². The third kappa shape index (κ3) is 3.11. The summed E-state index contributed by atoms with van der Waals surface area (Å²) in [5.41, 5.74) is 0. The normalized spacial score (nSPS) is 40.6. The summed E-state index contributed by atoms with van der Waals surface area (Å²) in [7, 11) is 4.40. The molecule has 8 heteroatoms. The quantitative estimate of drug-likeness (QED) is 0.273. The number of hydrogen-bond donors (Lipinski definition) is 1. The van der Waals surface area contributed by atoms with E-state index in [1.165, 1.54) is 0 Å². The molecule has 0 N–H and O–H groups in total. The number of thiol groups is 1. The van der Waals surface area contributed by atoms with E-state index in [-0.39, 0.29) is 22.4 Å². The van der Waals surface area contributed by atoms with Gasteiger partial charge in [0.15, 0.2) is 0 Å². The predicted molar refractivity (Wildman–Crippen MR) is 66.8 cm³/mol. The van der Waals surface area contributed by atoms with Crippen molar-refractivity contribution in [2.24, 2.45) is 0 Å². The van der Waals surface area contributed by atoms with Crippen LogP contribution in [0.25, 0.3) is 0 Å². The average molecular weight is 356 g/mol. The Labute approximate surface area is 101 Å². The molecular weight excluding hydrogens is 345 g/mol. The van der Waals surface area contributed by atoms with Gasteiger partial charge in [-0.25, -0.2) is 0 Å². The molecule has 0 aromatic carbocycles. The third-order valence-electron chi connectivity index (χ3n) is 1.82. The lowest BCUT2D eigenvalue weighted by Gasteiger charge is -2.37. The highest BCUT2D eigenvalue weighted by atomic mass is 127. The Kier molecular flexibility index (Phi) is 6.31. The fourth-order valence-corrected chi connectivity index (χ4v) is 2.92. The van der Waals surface area contributed by atoms with Crippen LogP contribution >= 0.6 is 54.4 Å². The van der Waals surface area contributed by atoms with Crippen LogP contribution in [0, 0.1) is 0 Å². The van der Waals surface area contributed by atoms with E-state index in [1.54, 1.807) is 0 Å². The zero-order valence-corrected chi connectivity index (χ0v) is 12.0. The Balaban J connectivity index is 2.64. The van der Waals surface area contributed by atoms with E-state index in [0.29, 0.717) is 6.61 Å². The van der Waals surface area contributed by atoms with Crippen molar-refractivity contribution in [2.75, 3.05) is 6.61 Å². The molecule has 1 aliphatic rings. The second-order valence-electron chi connectivity index (χ2n) is 2.53. The molecule has 0 radical (unpaired) electrons. The molecule has 0 aromatic rings. The fraction of sp³-hybridized carbons (Fsp3) is 1.00. The van der Waals surface area contributed by atoms with E-state index < -0.39 is 0 Å². The van der Waals surface area contributed by atoms with Gasteiger partial charge in [-0.1, -0.05) is 0 Å². The summed E-state index contributed by atoms with van der Waals surface area (Å²) in [5.74, 6) is 0. The molecule has 2 unspecified atom stereocenters. The smallest absolute Gasteiger partial charge is 0.138 e. The van der Waals surface area contributed by atoms with Gasteiger partial charge in [0.1, 0.15) is 22.4 Å². The molecule has 4 nitrogen and oxygen atoms in total. The number of hydrogen-bond acceptors (Lipinski definition) is 5. The molecule has 1 saturated heterocycles. The van der Waals surface area contributed by atoms with E-state index in [4.69, 9.17) is 18.0 Å². The molecular formula is C5H11IO4P2S. The van der Waals surface area contributed by atoms with Crippen LogP contribution in [-0.4, -0.2) is 29.0 Å². The summed E-state index contributed by atoms with van der Waals surface area (Å²) in [4.78, 5) is 0. The zero-order valence-electron chi connectivity index (χ0n) is 6.63. The van der Waals surface area contributed by atoms with E-state index in [2.05, 4.69) is 54.4 Å². The lowest BCUT2D eigenvalue weighted by Crippen LogP contribution is -2.51. The van der Waals surface area contributed by atoms with Crippen molar-refractivity contribution in [3.05, 3.63) is 0 Å². The Morgan fingerprint density at radius 2 is 2.00 bits per heavy atom. The predicted octanol–water partition coefficient (Wildman–Crippen LogP) is 1.36. The van der Waals surface area contributed by atoms with Gasteiger partial charge in [-0.2, -0.15) is 0 Å². The first-order valence-corrected chi connectivity index (χ1v) is 6.07. The second kappa shape index (κ2) is 6.38. The molecule has 0 aliphatic carbocycles. The van der Waals surface area contributed by atoms with Gasteiger partial charge in [0.05, 0.1) is 6.61 Å². The van der Waals surface area contributed by atoms with Crippen molar-refractivity contribution in [3.8, 4) is 0 Å². The van der Waals surface area contributed by atoms with E-state index in [9.17, 15) is 0 Å². The van der Waals surface area contributed by atoms with Gasteiger partial charge in [-0.05, 0) is 35.5 Å². The van der Waals surface area contributed by atoms with Crippen molar-refractivity contribution in [1.82, 2.24) is 0 Å². The lowest BCUT2D eigenvalue weighted by atomic mass is 10.1. The van der Waals surface area contributed by atoms with Crippen molar-refractivity contribution in [3.63, 3.8) is 0 Å². The van der Waals surface area contributed by atoms with Crippen LogP contribution in [0.5, 0.6) is 0 Å². The van der Waals surface area contributed by atoms with Crippen LogP contribution in [0.2, 0.25) is 0 Å². The molecule has 1 rings (SSSR count). The van der Waals surface area contributed by atoms with Crippen LogP contribution in [0.4, 0.5) is 0 Å². The first-order chi connectivity index (χ1) is 6.24. The van der Waals surface area contributed by atoms with Crippen LogP contribution in [-0.2, 0) is 18.0 Å². The maximum atomic E-state index is 5.40. The molecule has 0 bridgehead atoms. The molecule has 0 aromatic heterocycles. The minimum absolute atomic E-state index is 0.0722. The van der Waals surface area contributed by atoms with Crippen molar-refractivity contribution < 1.29 is 18.0 Å². The van der Waals surface area contributed by atoms with Crippen LogP contribution in [0.15, 0.2) is 0 Å². The van der Waals surface area contributed by atoms with Crippen LogP contribution in [0.1, 0.15) is 0 Å². The Morgan fingerprint density at radius 3 is 2.46 bits per heavy atom. The van der Waals surface area contributed by atoms with Crippen molar-refractivity contribution in [1.29, 1.82) is 0 Å². The Bertz CT molecular complexity index is 165. The molecule has 0 spiro atoms. The summed E-state index contributed by atoms with van der Waals surface area (Å²) in [6, 6.07) is 0. The Morgan fingerprint density at radius 1 is 1.31 bits per heavy atom. The van der Waals surface area contributed by atoms with Crippen LogP contribution in [0.3, 0.4) is 0 Å². The first kappa shape index (κ1) is 12.8. The zero-order chi connectivity index (χ0) is 9.84. The largest absolute Gasteiger partial charge is 0.362 e. The highest BCUT2D eigenvalue weighted by Gasteiger charge is 2.40. The topological polar surface area (TPSA) is 36.9 Å². The molecule has 1 heterocycles. The number of ether oxygens (including phenoxy) is 1. The summed E-state index contributed by atoms with van der Waals surface area (Å²) in [6.45, 7) is 0.490. The van der Waals surface area contributed by atoms with Crippen molar-refractivity contribution in [2.45, 2.75) is 22.4 Å². The Hall–Kier alpha value is 1.78. The van der Waals surface area contributed by atoms with Gasteiger partial charge in [0.25, 0.3) is 0 Å². The first-order valence-electron chi connectivity index (χ1n) is 3.51. The monoisotopic (exact) mass is 356 g/mol. The van der Waals surface area contributed by atoms with Gasteiger partial charge in [0.2, 0.25) is 0 Å². The maximum Gasteiger partial charge on any atom is 0.138 e. The average Bonchev–Trinajstić information content (AvgIpc) is 2.17. The molecule has 0 amide bonds. The molecule has 78 valence electrons. The van der Waals surface area contributed by atoms with E-state index in [0.717, 1.165) is 0 Å². The van der Waals surface area contributed by atoms with Gasteiger partial charge < -0.3 is 18.0 Å². The second-order valence-corrected chi connectivity index (χ2v) is 4.51. The molecule has 1 fully saturated rings. The van der Waals surface area contributed by atoms with Gasteiger partial charge in [-0.15, -0.1) is 0 Å². The summed E-state index contributed by atoms with van der Waals surface area (Å²) >= 11 is 5.92. The lowest BCUT2D eigenvalue weighted by molar-refractivity contribution is -0.117. The summed E-state index contributed by atoms with van der Waals surface area (Å²) in [5, 5.41) is 0. The molecule has 0 saturated carbocycles. The van der Waals surface area contributed by atoms with Crippen molar-refractivity contribution >= 4 is 54.4 Å². The minimum atomic E-state index is -0.235. The SMILES string of the molecule is PO[C@H]1[C@H](OS)[C@H](I)OC[C@H]1OP. The molecule has 1 aliphatic heterocycles. The standard InChI is InChI=1S/C5H11IO4P2S/c6-5-4(10-13)3(9-12)2(8-11)1-7-5/h2-5,13H,1,11-12H2/t2-,3-,4+,5-/m1/s1. The molecule has 13 heavy (non-hydrogen) atoms. The highest BCUT2D eigenvalue weighted by molar-refractivity contribution is 14.1. The summed E-state index contributed by atoms with van der Waals surface area (Å²) < 4.78 is 20.6. The third-order valence-corrected chi connectivity index (χ3v) is 3.80. The minimum Gasteiger partial charge on any atom is -0.362 e. The number of halogens is 1.